The van der Waals surface area contributed by atoms with Gasteiger partial charge in [-0.05, 0) is 30.3 Å². The molecule has 0 amide bonds. The zero-order valence-corrected chi connectivity index (χ0v) is 9.24. The summed E-state index contributed by atoms with van der Waals surface area (Å²) in [5.74, 6) is -0.188. The second-order valence-electron chi connectivity index (χ2n) is 4.08. The molecule has 3 aromatic rings. The smallest absolute Gasteiger partial charge is 0.236 e. The second kappa shape index (κ2) is 3.04. The number of nitrogens with zero attached hydrogens (tertiary/aromatic N) is 2. The minimum atomic E-state index is -0.188. The van der Waals surface area contributed by atoms with Crippen LogP contribution in [0.15, 0.2) is 36.5 Å². The van der Waals surface area contributed by atoms with Gasteiger partial charge in [-0.1, -0.05) is 0 Å². The van der Waals surface area contributed by atoms with E-state index in [-0.39, 0.29) is 5.82 Å². The first-order chi connectivity index (χ1) is 7.68. The number of hydrogen-bond acceptors (Lipinski definition) is 0. The molecule has 0 saturated carbocycles. The summed E-state index contributed by atoms with van der Waals surface area (Å²) in [4.78, 5) is 0. The van der Waals surface area contributed by atoms with Crippen LogP contribution in [0.2, 0.25) is 0 Å². The molecule has 0 bridgehead atoms. The molecule has 1 aromatic carbocycles. The quantitative estimate of drug-likeness (QED) is 0.509. The van der Waals surface area contributed by atoms with Gasteiger partial charge in [0.15, 0.2) is 0 Å². The molecule has 2 nitrogen and oxygen atoms in total. The van der Waals surface area contributed by atoms with Gasteiger partial charge < -0.3 is 0 Å². The van der Waals surface area contributed by atoms with Crippen LogP contribution in [0.3, 0.4) is 0 Å². The predicted molar refractivity (Wildman–Crippen MR) is 61.6 cm³/mol. The summed E-state index contributed by atoms with van der Waals surface area (Å²) in [5.41, 5.74) is 2.15. The summed E-state index contributed by atoms with van der Waals surface area (Å²) < 4.78 is 17.4. The van der Waals surface area contributed by atoms with Gasteiger partial charge in [0, 0.05) is 5.39 Å². The zero-order chi connectivity index (χ0) is 11.3. The average Bonchev–Trinajstić information content (AvgIpc) is 2.54. The molecular weight excluding hydrogens is 203 g/mol. The third kappa shape index (κ3) is 1.08. The van der Waals surface area contributed by atoms with E-state index in [1.54, 1.807) is 6.07 Å². The highest BCUT2D eigenvalue weighted by molar-refractivity contribution is 6.05. The van der Waals surface area contributed by atoms with Crippen LogP contribution >= 0.6 is 0 Å². The number of benzene rings is 1. The number of aryl methyl sites for hydroxylation is 2. The van der Waals surface area contributed by atoms with E-state index >= 15 is 0 Å². The number of halogens is 1. The van der Waals surface area contributed by atoms with E-state index in [4.69, 9.17) is 0 Å². The summed E-state index contributed by atoms with van der Waals surface area (Å²) in [5, 5.41) is 2.05. The number of pyridine rings is 1. The Bertz CT molecular complexity index is 698. The second-order valence-corrected chi connectivity index (χ2v) is 4.08. The van der Waals surface area contributed by atoms with Gasteiger partial charge in [-0.25, -0.2) is 13.5 Å². The van der Waals surface area contributed by atoms with Gasteiger partial charge in [0.25, 0.3) is 5.65 Å². The van der Waals surface area contributed by atoms with Gasteiger partial charge in [-0.2, -0.15) is 0 Å². The number of hydrogen-bond donors (Lipinski definition) is 0. The van der Waals surface area contributed by atoms with Crippen LogP contribution in [0.4, 0.5) is 4.39 Å². The van der Waals surface area contributed by atoms with Crippen molar-refractivity contribution in [1.82, 2.24) is 4.57 Å². The molecule has 0 spiro atoms. The van der Waals surface area contributed by atoms with Crippen molar-refractivity contribution >= 4 is 21.9 Å². The van der Waals surface area contributed by atoms with Gasteiger partial charge in [-0.3, -0.25) is 0 Å². The van der Waals surface area contributed by atoms with Gasteiger partial charge in [0.1, 0.15) is 11.3 Å². The molecular formula is C13H12FN2+. The van der Waals surface area contributed by atoms with Gasteiger partial charge in [0.2, 0.25) is 0 Å². The Kier molecular flexibility index (Phi) is 1.78. The molecule has 2 heterocycles. The molecule has 0 aliphatic carbocycles. The van der Waals surface area contributed by atoms with E-state index in [0.29, 0.717) is 0 Å². The molecule has 0 aliphatic rings. The molecule has 0 saturated heterocycles. The lowest BCUT2D eigenvalue weighted by Crippen LogP contribution is -2.29. The Morgan fingerprint density at radius 3 is 2.81 bits per heavy atom. The Morgan fingerprint density at radius 2 is 2.00 bits per heavy atom. The molecule has 0 aliphatic heterocycles. The first-order valence-corrected chi connectivity index (χ1v) is 5.21. The van der Waals surface area contributed by atoms with Crippen molar-refractivity contribution in [2.24, 2.45) is 14.1 Å². The summed E-state index contributed by atoms with van der Waals surface area (Å²) in [6.45, 7) is 0. The third-order valence-electron chi connectivity index (χ3n) is 3.08. The lowest BCUT2D eigenvalue weighted by Gasteiger charge is -1.93. The lowest BCUT2D eigenvalue weighted by atomic mass is 10.2. The largest absolute Gasteiger partial charge is 0.289 e. The molecule has 16 heavy (non-hydrogen) atoms. The summed E-state index contributed by atoms with van der Waals surface area (Å²) in [6.07, 6.45) is 2.00. The van der Waals surface area contributed by atoms with E-state index in [1.165, 1.54) is 6.07 Å². The maximum atomic E-state index is 13.3. The maximum absolute atomic E-state index is 13.3. The van der Waals surface area contributed by atoms with E-state index in [1.807, 2.05) is 43.1 Å². The summed E-state index contributed by atoms with van der Waals surface area (Å²) in [7, 11) is 4.00. The van der Waals surface area contributed by atoms with Crippen molar-refractivity contribution in [1.29, 1.82) is 0 Å². The minimum absolute atomic E-state index is 0.188. The van der Waals surface area contributed by atoms with Crippen molar-refractivity contribution in [3.8, 4) is 0 Å². The molecule has 0 atom stereocenters. The average molecular weight is 215 g/mol. The van der Waals surface area contributed by atoms with Crippen molar-refractivity contribution in [3.63, 3.8) is 0 Å². The normalized spacial score (nSPS) is 11.4. The first kappa shape index (κ1) is 9.33. The molecule has 3 heteroatoms. The van der Waals surface area contributed by atoms with Crippen LogP contribution in [0, 0.1) is 5.82 Å². The number of aromatic nitrogens is 2. The molecule has 0 radical (unpaired) electrons. The van der Waals surface area contributed by atoms with Crippen LogP contribution in [-0.4, -0.2) is 4.57 Å². The van der Waals surface area contributed by atoms with Crippen molar-refractivity contribution in [2.45, 2.75) is 0 Å². The highest BCUT2D eigenvalue weighted by atomic mass is 19.1. The fourth-order valence-corrected chi connectivity index (χ4v) is 2.36. The zero-order valence-electron chi connectivity index (χ0n) is 9.24. The SMILES string of the molecule is Cn1c2ccc(F)cc2c2ccc[n+](C)c21. The maximum Gasteiger partial charge on any atom is 0.289 e. The van der Waals surface area contributed by atoms with E-state index in [9.17, 15) is 4.39 Å². The minimum Gasteiger partial charge on any atom is -0.236 e. The molecule has 2 aromatic heterocycles. The van der Waals surface area contributed by atoms with Crippen LogP contribution in [0.1, 0.15) is 0 Å². The Balaban J connectivity index is 2.65. The molecule has 0 unspecified atom stereocenters. The summed E-state index contributed by atoms with van der Waals surface area (Å²) in [6, 6.07) is 8.92. The Hall–Kier alpha value is -1.90. The van der Waals surface area contributed by atoms with Crippen LogP contribution in [-0.2, 0) is 14.1 Å². The van der Waals surface area contributed by atoms with Crippen LogP contribution in [0.25, 0.3) is 21.9 Å². The van der Waals surface area contributed by atoms with E-state index < -0.39 is 0 Å². The number of fused-ring (bicyclic) bond motifs is 3. The van der Waals surface area contributed by atoms with E-state index in [2.05, 4.69) is 4.57 Å². The highest BCUT2D eigenvalue weighted by Gasteiger charge is 2.16. The predicted octanol–water partition coefficient (Wildman–Crippen LogP) is 2.30. The van der Waals surface area contributed by atoms with E-state index in [0.717, 1.165) is 21.9 Å². The fraction of sp³-hybridized carbons (Fsp3) is 0.154. The molecule has 0 fully saturated rings. The molecule has 3 rings (SSSR count). The third-order valence-corrected chi connectivity index (χ3v) is 3.08. The molecule has 0 N–H and O–H groups in total. The van der Waals surface area contributed by atoms with Crippen molar-refractivity contribution < 1.29 is 8.96 Å². The van der Waals surface area contributed by atoms with Crippen molar-refractivity contribution in [3.05, 3.63) is 42.3 Å². The fourth-order valence-electron chi connectivity index (χ4n) is 2.36. The lowest BCUT2D eigenvalue weighted by molar-refractivity contribution is -0.647. The monoisotopic (exact) mass is 215 g/mol. The molecule has 80 valence electrons. The van der Waals surface area contributed by atoms with Crippen molar-refractivity contribution in [2.75, 3.05) is 0 Å². The van der Waals surface area contributed by atoms with Gasteiger partial charge >= 0.3 is 0 Å². The highest BCUT2D eigenvalue weighted by Crippen LogP contribution is 2.26. The van der Waals surface area contributed by atoms with Crippen LogP contribution < -0.4 is 4.57 Å². The first-order valence-electron chi connectivity index (χ1n) is 5.21. The standard InChI is InChI=1S/C13H12FN2/c1-15-7-3-4-10-11-8-9(14)5-6-12(11)16(2)13(10)15/h3-8H,1-2H3/q+1. The Labute approximate surface area is 92.5 Å². The van der Waals surface area contributed by atoms with Gasteiger partial charge in [0.05, 0.1) is 25.7 Å². The topological polar surface area (TPSA) is 8.81 Å². The Morgan fingerprint density at radius 1 is 1.19 bits per heavy atom. The van der Waals surface area contributed by atoms with Crippen LogP contribution in [0.5, 0.6) is 0 Å². The van der Waals surface area contributed by atoms with Gasteiger partial charge in [-0.15, -0.1) is 0 Å². The number of rotatable bonds is 0. The summed E-state index contributed by atoms with van der Waals surface area (Å²) >= 11 is 0.